The van der Waals surface area contributed by atoms with Gasteiger partial charge in [-0.2, -0.15) is 0 Å². The number of ether oxygens (including phenoxy) is 1. The van der Waals surface area contributed by atoms with Gasteiger partial charge in [0.25, 0.3) is 0 Å². The summed E-state index contributed by atoms with van der Waals surface area (Å²) in [5, 5.41) is 11.1. The Balaban J connectivity index is 1.11. The molecular formula is C26H28N6O2. The van der Waals surface area contributed by atoms with E-state index in [1.165, 1.54) is 22.1 Å². The summed E-state index contributed by atoms with van der Waals surface area (Å²) in [6.45, 7) is 2.54. The largest absolute Gasteiger partial charge is 0.365 e. The predicted octanol–water partition coefficient (Wildman–Crippen LogP) is 3.72. The van der Waals surface area contributed by atoms with E-state index in [2.05, 4.69) is 73.9 Å². The first-order valence-electron chi connectivity index (χ1n) is 11.7. The lowest BCUT2D eigenvalue weighted by molar-refractivity contribution is -0.116. The number of hydrogen-bond acceptors (Lipinski definition) is 6. The van der Waals surface area contributed by atoms with Gasteiger partial charge >= 0.3 is 0 Å². The number of amides is 1. The number of likely N-dealkylation sites (tertiary alicyclic amines) is 1. The fourth-order valence-corrected chi connectivity index (χ4v) is 4.32. The average molecular weight is 457 g/mol. The summed E-state index contributed by atoms with van der Waals surface area (Å²) in [5.74, 6) is 0.418. The summed E-state index contributed by atoms with van der Waals surface area (Å²) < 4.78 is 8.02. The van der Waals surface area contributed by atoms with Gasteiger partial charge in [-0.05, 0) is 36.1 Å². The molecule has 174 valence electrons. The summed E-state index contributed by atoms with van der Waals surface area (Å²) in [7, 11) is 0. The van der Waals surface area contributed by atoms with E-state index in [0.29, 0.717) is 24.4 Å². The van der Waals surface area contributed by atoms with Gasteiger partial charge in [0.05, 0.1) is 6.10 Å². The van der Waals surface area contributed by atoms with Crippen LogP contribution in [0.2, 0.25) is 0 Å². The molecule has 0 spiro atoms. The fraction of sp³-hybridized carbons (Fsp3) is 0.308. The number of anilines is 1. The third kappa shape index (κ3) is 5.47. The molecule has 1 amide bonds. The molecule has 0 atom stereocenters. The van der Waals surface area contributed by atoms with Crippen molar-refractivity contribution in [3.05, 3.63) is 90.3 Å². The highest BCUT2D eigenvalue weighted by molar-refractivity contribution is 5.89. The molecule has 1 fully saturated rings. The lowest BCUT2D eigenvalue weighted by Gasteiger charge is -2.34. The van der Waals surface area contributed by atoms with Gasteiger partial charge in [-0.25, -0.2) is 4.98 Å². The summed E-state index contributed by atoms with van der Waals surface area (Å²) in [6.07, 6.45) is 3.86. The third-order valence-corrected chi connectivity index (χ3v) is 6.14. The van der Waals surface area contributed by atoms with Crippen LogP contribution < -0.4 is 5.32 Å². The van der Waals surface area contributed by atoms with Crippen molar-refractivity contribution >= 4 is 17.4 Å². The van der Waals surface area contributed by atoms with E-state index in [1.54, 1.807) is 12.1 Å². The molecule has 34 heavy (non-hydrogen) atoms. The van der Waals surface area contributed by atoms with Crippen molar-refractivity contribution in [2.45, 2.75) is 31.5 Å². The Hall–Kier alpha value is -3.62. The molecule has 0 unspecified atom stereocenters. The molecule has 0 radical (unpaired) electrons. The number of aromatic nitrogens is 4. The van der Waals surface area contributed by atoms with E-state index in [1.807, 2.05) is 12.1 Å². The summed E-state index contributed by atoms with van der Waals surface area (Å²) >= 11 is 0. The molecule has 4 aromatic rings. The van der Waals surface area contributed by atoms with E-state index in [9.17, 15) is 4.79 Å². The Morgan fingerprint density at radius 1 is 0.971 bits per heavy atom. The number of rotatable bonds is 8. The normalized spacial score (nSPS) is 15.1. The molecule has 0 bridgehead atoms. The first-order valence-corrected chi connectivity index (χ1v) is 11.7. The summed E-state index contributed by atoms with van der Waals surface area (Å²) in [4.78, 5) is 18.8. The number of carbonyl (C=O) groups excluding carboxylic acids is 1. The minimum Gasteiger partial charge on any atom is -0.365 e. The Bertz CT molecular complexity index is 1170. The Labute approximate surface area is 198 Å². The zero-order valence-corrected chi connectivity index (χ0v) is 19.0. The monoisotopic (exact) mass is 456 g/mol. The summed E-state index contributed by atoms with van der Waals surface area (Å²) in [5.41, 5.74) is 2.99. The van der Waals surface area contributed by atoms with Crippen molar-refractivity contribution in [1.29, 1.82) is 0 Å². The van der Waals surface area contributed by atoms with Crippen LogP contribution in [0.3, 0.4) is 0 Å². The maximum Gasteiger partial charge on any atom is 0.226 e. The van der Waals surface area contributed by atoms with Crippen LogP contribution in [0.25, 0.3) is 5.65 Å². The SMILES string of the molecule is O=C(CCN1CCC(OC(c2ccccc2)c2ccccc2)CC1)Nc1ccc2ncnn2n1. The second kappa shape index (κ2) is 10.5. The van der Waals surface area contributed by atoms with E-state index < -0.39 is 0 Å². The molecule has 1 aliphatic heterocycles. The maximum atomic E-state index is 12.4. The van der Waals surface area contributed by atoms with Crippen molar-refractivity contribution < 1.29 is 9.53 Å². The van der Waals surface area contributed by atoms with Crippen molar-refractivity contribution in [1.82, 2.24) is 24.7 Å². The Kier molecular flexibility index (Phi) is 6.88. The highest BCUT2D eigenvalue weighted by Crippen LogP contribution is 2.30. The van der Waals surface area contributed by atoms with Crippen LogP contribution in [-0.4, -0.2) is 56.4 Å². The van der Waals surface area contributed by atoms with E-state index in [4.69, 9.17) is 4.74 Å². The maximum absolute atomic E-state index is 12.4. The number of hydrogen-bond donors (Lipinski definition) is 1. The molecule has 1 aliphatic rings. The molecule has 8 nitrogen and oxygen atoms in total. The van der Waals surface area contributed by atoms with Gasteiger partial charge in [-0.3, -0.25) is 4.79 Å². The van der Waals surface area contributed by atoms with Crippen molar-refractivity contribution in [2.24, 2.45) is 0 Å². The quantitative estimate of drug-likeness (QED) is 0.435. The molecule has 8 heteroatoms. The number of nitrogens with zero attached hydrogens (tertiary/aromatic N) is 5. The van der Waals surface area contributed by atoms with E-state index in [-0.39, 0.29) is 18.1 Å². The van der Waals surface area contributed by atoms with Gasteiger partial charge in [-0.1, -0.05) is 60.7 Å². The topological polar surface area (TPSA) is 84.6 Å². The summed E-state index contributed by atoms with van der Waals surface area (Å²) in [6, 6.07) is 24.3. The zero-order chi connectivity index (χ0) is 23.2. The van der Waals surface area contributed by atoms with Crippen LogP contribution >= 0.6 is 0 Å². The second-order valence-electron chi connectivity index (χ2n) is 8.50. The molecule has 1 N–H and O–H groups in total. The van der Waals surface area contributed by atoms with E-state index >= 15 is 0 Å². The van der Waals surface area contributed by atoms with Gasteiger partial charge in [-0.15, -0.1) is 14.8 Å². The van der Waals surface area contributed by atoms with Gasteiger partial charge in [0.1, 0.15) is 12.4 Å². The van der Waals surface area contributed by atoms with Gasteiger partial charge in [0.15, 0.2) is 11.5 Å². The highest BCUT2D eigenvalue weighted by atomic mass is 16.5. The van der Waals surface area contributed by atoms with Crippen molar-refractivity contribution in [2.75, 3.05) is 25.0 Å². The Morgan fingerprint density at radius 2 is 1.65 bits per heavy atom. The molecule has 2 aromatic heterocycles. The first kappa shape index (κ1) is 22.2. The third-order valence-electron chi connectivity index (χ3n) is 6.14. The molecule has 5 rings (SSSR count). The number of nitrogens with one attached hydrogen (secondary N) is 1. The Morgan fingerprint density at radius 3 is 2.32 bits per heavy atom. The molecular weight excluding hydrogens is 428 g/mol. The van der Waals surface area contributed by atoms with Crippen molar-refractivity contribution in [3.63, 3.8) is 0 Å². The molecule has 1 saturated heterocycles. The average Bonchev–Trinajstić information content (AvgIpc) is 3.36. The predicted molar refractivity (Wildman–Crippen MR) is 129 cm³/mol. The van der Waals surface area contributed by atoms with Gasteiger partial charge in [0.2, 0.25) is 5.91 Å². The van der Waals surface area contributed by atoms with E-state index in [0.717, 1.165) is 25.9 Å². The smallest absolute Gasteiger partial charge is 0.226 e. The molecule has 2 aromatic carbocycles. The standard InChI is InChI=1S/C26H28N6O2/c33-25(29-23-11-12-24-27-19-28-32(24)30-23)15-18-31-16-13-22(14-17-31)34-26(20-7-3-1-4-8-20)21-9-5-2-6-10-21/h1-12,19,22,26H,13-18H2,(H,29,30,33). The van der Waals surface area contributed by atoms with Crippen molar-refractivity contribution in [3.8, 4) is 0 Å². The number of fused-ring (bicyclic) bond motifs is 1. The van der Waals surface area contributed by atoms with Crippen LogP contribution in [0, 0.1) is 0 Å². The molecule has 0 saturated carbocycles. The van der Waals surface area contributed by atoms with Crippen LogP contribution in [0.4, 0.5) is 5.82 Å². The lowest BCUT2D eigenvalue weighted by atomic mass is 10.00. The minimum atomic E-state index is -0.0699. The number of carbonyl (C=O) groups is 1. The van der Waals surface area contributed by atoms with Crippen LogP contribution in [-0.2, 0) is 9.53 Å². The van der Waals surface area contributed by atoms with Gasteiger partial charge in [0, 0.05) is 26.1 Å². The number of piperidine rings is 1. The lowest BCUT2D eigenvalue weighted by Crippen LogP contribution is -2.39. The van der Waals surface area contributed by atoms with Crippen LogP contribution in [0.1, 0.15) is 36.5 Å². The minimum absolute atomic E-state index is 0.0569. The molecule has 3 heterocycles. The highest BCUT2D eigenvalue weighted by Gasteiger charge is 2.25. The van der Waals surface area contributed by atoms with Crippen LogP contribution in [0.5, 0.6) is 0 Å². The number of benzene rings is 2. The van der Waals surface area contributed by atoms with Crippen LogP contribution in [0.15, 0.2) is 79.1 Å². The first-order chi connectivity index (χ1) is 16.7. The second-order valence-corrected chi connectivity index (χ2v) is 8.50. The molecule has 0 aliphatic carbocycles. The fourth-order valence-electron chi connectivity index (χ4n) is 4.32. The zero-order valence-electron chi connectivity index (χ0n) is 19.0. The van der Waals surface area contributed by atoms with Gasteiger partial charge < -0.3 is 15.0 Å².